The van der Waals surface area contributed by atoms with Crippen molar-refractivity contribution in [2.24, 2.45) is 0 Å². The van der Waals surface area contributed by atoms with Crippen molar-refractivity contribution in [1.29, 1.82) is 0 Å². The summed E-state index contributed by atoms with van der Waals surface area (Å²) in [6.07, 6.45) is 0.111. The molecule has 2 aromatic carbocycles. The molecule has 1 amide bonds. The molecule has 3 rings (SSSR count). The number of morpholine rings is 1. The van der Waals surface area contributed by atoms with Crippen molar-refractivity contribution in [2.45, 2.75) is 32.6 Å². The Morgan fingerprint density at radius 2 is 1.84 bits per heavy atom. The molecule has 2 atom stereocenters. The first kappa shape index (κ1) is 17.4. The van der Waals surface area contributed by atoms with E-state index in [0.29, 0.717) is 25.2 Å². The van der Waals surface area contributed by atoms with Crippen LogP contribution < -0.4 is 5.32 Å². The molecule has 132 valence electrons. The van der Waals surface area contributed by atoms with Crippen molar-refractivity contribution in [1.82, 2.24) is 4.90 Å². The second kappa shape index (κ2) is 7.66. The second-order valence-electron chi connectivity index (χ2n) is 6.53. The number of benzene rings is 2. The Morgan fingerprint density at radius 3 is 2.48 bits per heavy atom. The summed E-state index contributed by atoms with van der Waals surface area (Å²) < 4.78 is 18.9. The molecule has 0 saturated carbocycles. The molecule has 1 N–H and O–H groups in total. The lowest BCUT2D eigenvalue weighted by atomic mass is 10.1. The number of anilines is 1. The van der Waals surface area contributed by atoms with Crippen LogP contribution in [0.1, 0.15) is 29.8 Å². The van der Waals surface area contributed by atoms with E-state index in [-0.39, 0.29) is 23.9 Å². The lowest BCUT2D eigenvalue weighted by Crippen LogP contribution is -2.48. The number of halogens is 1. The lowest BCUT2D eigenvalue weighted by Gasteiger charge is -2.35. The summed E-state index contributed by atoms with van der Waals surface area (Å²) >= 11 is 0. The SMILES string of the molecule is CC1CN(C(=O)c2ccc(NCc3cccc(F)c3)cc2)CC(C)O1. The van der Waals surface area contributed by atoms with Crippen LogP contribution in [0.15, 0.2) is 48.5 Å². The maximum atomic E-state index is 13.2. The molecule has 0 spiro atoms. The minimum absolute atomic E-state index is 0.0266. The first-order valence-corrected chi connectivity index (χ1v) is 8.54. The third-order valence-electron chi connectivity index (χ3n) is 4.22. The van der Waals surface area contributed by atoms with Gasteiger partial charge in [0.15, 0.2) is 0 Å². The lowest BCUT2D eigenvalue weighted by molar-refractivity contribution is -0.0586. The predicted molar refractivity (Wildman–Crippen MR) is 96.1 cm³/mol. The molecule has 1 aliphatic heterocycles. The Bertz CT molecular complexity index is 723. The fourth-order valence-electron chi connectivity index (χ4n) is 3.11. The maximum Gasteiger partial charge on any atom is 0.254 e. The van der Waals surface area contributed by atoms with Crippen LogP contribution in [0, 0.1) is 5.82 Å². The van der Waals surface area contributed by atoms with Gasteiger partial charge in [-0.3, -0.25) is 4.79 Å². The van der Waals surface area contributed by atoms with Gasteiger partial charge in [0.2, 0.25) is 0 Å². The fourth-order valence-corrected chi connectivity index (χ4v) is 3.11. The van der Waals surface area contributed by atoms with Gasteiger partial charge in [-0.05, 0) is 55.8 Å². The average Bonchev–Trinajstić information content (AvgIpc) is 2.59. The van der Waals surface area contributed by atoms with E-state index >= 15 is 0 Å². The van der Waals surface area contributed by atoms with E-state index in [2.05, 4.69) is 5.32 Å². The molecule has 1 heterocycles. The number of amides is 1. The molecule has 0 aliphatic carbocycles. The van der Waals surface area contributed by atoms with Gasteiger partial charge >= 0.3 is 0 Å². The summed E-state index contributed by atoms with van der Waals surface area (Å²) in [5, 5.41) is 3.24. The molecule has 1 aliphatic rings. The number of hydrogen-bond donors (Lipinski definition) is 1. The van der Waals surface area contributed by atoms with E-state index < -0.39 is 0 Å². The van der Waals surface area contributed by atoms with Crippen LogP contribution in [0.2, 0.25) is 0 Å². The highest BCUT2D eigenvalue weighted by Crippen LogP contribution is 2.17. The number of hydrogen-bond acceptors (Lipinski definition) is 3. The fraction of sp³-hybridized carbons (Fsp3) is 0.350. The number of nitrogens with zero attached hydrogens (tertiary/aromatic N) is 1. The smallest absolute Gasteiger partial charge is 0.254 e. The molecule has 4 nitrogen and oxygen atoms in total. The van der Waals surface area contributed by atoms with E-state index in [4.69, 9.17) is 4.74 Å². The van der Waals surface area contributed by atoms with Crippen LogP contribution in [0.4, 0.5) is 10.1 Å². The third-order valence-corrected chi connectivity index (χ3v) is 4.22. The largest absolute Gasteiger partial charge is 0.381 e. The zero-order valence-electron chi connectivity index (χ0n) is 14.5. The zero-order valence-corrected chi connectivity index (χ0v) is 14.5. The molecule has 1 fully saturated rings. The molecule has 2 unspecified atom stereocenters. The summed E-state index contributed by atoms with van der Waals surface area (Å²) in [6, 6.07) is 13.9. The minimum Gasteiger partial charge on any atom is -0.381 e. The molecule has 25 heavy (non-hydrogen) atoms. The summed E-state index contributed by atoms with van der Waals surface area (Å²) in [7, 11) is 0. The van der Waals surface area contributed by atoms with Crippen molar-refractivity contribution < 1.29 is 13.9 Å². The van der Waals surface area contributed by atoms with Crippen molar-refractivity contribution in [3.05, 3.63) is 65.5 Å². The van der Waals surface area contributed by atoms with Gasteiger partial charge in [-0.1, -0.05) is 12.1 Å². The standard InChI is InChI=1S/C20H23FN2O2/c1-14-12-23(13-15(2)25-14)20(24)17-6-8-19(9-7-17)22-11-16-4-3-5-18(21)10-16/h3-10,14-15,22H,11-13H2,1-2H3. The first-order chi connectivity index (χ1) is 12.0. The van der Waals surface area contributed by atoms with Gasteiger partial charge in [0, 0.05) is 30.9 Å². The van der Waals surface area contributed by atoms with E-state index in [0.717, 1.165) is 11.3 Å². The third kappa shape index (κ3) is 4.57. The highest BCUT2D eigenvalue weighted by atomic mass is 19.1. The van der Waals surface area contributed by atoms with Gasteiger partial charge in [-0.15, -0.1) is 0 Å². The number of rotatable bonds is 4. The molecular formula is C20H23FN2O2. The van der Waals surface area contributed by atoms with Gasteiger partial charge < -0.3 is 15.0 Å². The Balaban J connectivity index is 1.60. The van der Waals surface area contributed by atoms with Gasteiger partial charge in [-0.25, -0.2) is 4.39 Å². The Labute approximate surface area is 147 Å². The Hall–Kier alpha value is -2.40. The van der Waals surface area contributed by atoms with Crippen molar-refractivity contribution >= 4 is 11.6 Å². The number of nitrogens with one attached hydrogen (secondary N) is 1. The Kier molecular flexibility index (Phi) is 5.34. The quantitative estimate of drug-likeness (QED) is 0.921. The number of carbonyl (C=O) groups is 1. The van der Waals surface area contributed by atoms with Crippen LogP contribution in [0.25, 0.3) is 0 Å². The van der Waals surface area contributed by atoms with Crippen LogP contribution in [0.5, 0.6) is 0 Å². The molecule has 5 heteroatoms. The van der Waals surface area contributed by atoms with Crippen molar-refractivity contribution in [3.8, 4) is 0 Å². The summed E-state index contributed by atoms with van der Waals surface area (Å²) in [5.41, 5.74) is 2.43. The molecule has 1 saturated heterocycles. The summed E-state index contributed by atoms with van der Waals surface area (Å²) in [4.78, 5) is 14.5. The van der Waals surface area contributed by atoms with E-state index in [9.17, 15) is 9.18 Å². The first-order valence-electron chi connectivity index (χ1n) is 8.54. The van der Waals surface area contributed by atoms with Gasteiger partial charge in [0.05, 0.1) is 12.2 Å². The van der Waals surface area contributed by atoms with Crippen LogP contribution >= 0.6 is 0 Å². The summed E-state index contributed by atoms with van der Waals surface area (Å²) in [6.45, 7) is 5.72. The average molecular weight is 342 g/mol. The Morgan fingerprint density at radius 1 is 1.16 bits per heavy atom. The number of ether oxygens (including phenoxy) is 1. The molecule has 0 aromatic heterocycles. The van der Waals surface area contributed by atoms with E-state index in [1.54, 1.807) is 6.07 Å². The van der Waals surface area contributed by atoms with E-state index in [1.807, 2.05) is 49.1 Å². The molecule has 2 aromatic rings. The molecule has 0 radical (unpaired) electrons. The second-order valence-corrected chi connectivity index (χ2v) is 6.53. The van der Waals surface area contributed by atoms with Crippen molar-refractivity contribution in [3.63, 3.8) is 0 Å². The van der Waals surface area contributed by atoms with Crippen molar-refractivity contribution in [2.75, 3.05) is 18.4 Å². The zero-order chi connectivity index (χ0) is 17.8. The van der Waals surface area contributed by atoms with Gasteiger partial charge in [-0.2, -0.15) is 0 Å². The topological polar surface area (TPSA) is 41.6 Å². The maximum absolute atomic E-state index is 13.2. The highest BCUT2D eigenvalue weighted by Gasteiger charge is 2.26. The van der Waals surface area contributed by atoms with Crippen LogP contribution in [-0.2, 0) is 11.3 Å². The normalized spacial score (nSPS) is 20.4. The van der Waals surface area contributed by atoms with Crippen LogP contribution in [0.3, 0.4) is 0 Å². The van der Waals surface area contributed by atoms with Gasteiger partial charge in [0.1, 0.15) is 5.82 Å². The minimum atomic E-state index is -0.241. The molecular weight excluding hydrogens is 319 g/mol. The highest BCUT2D eigenvalue weighted by molar-refractivity contribution is 5.94. The monoisotopic (exact) mass is 342 g/mol. The number of carbonyl (C=O) groups excluding carboxylic acids is 1. The van der Waals surface area contributed by atoms with E-state index in [1.165, 1.54) is 12.1 Å². The molecule has 0 bridgehead atoms. The summed E-state index contributed by atoms with van der Waals surface area (Å²) in [5.74, 6) is -0.215. The predicted octanol–water partition coefficient (Wildman–Crippen LogP) is 3.69. The van der Waals surface area contributed by atoms with Gasteiger partial charge in [0.25, 0.3) is 5.91 Å². The van der Waals surface area contributed by atoms with Crippen LogP contribution in [-0.4, -0.2) is 36.1 Å².